The molecule has 0 aliphatic rings. The fourth-order valence-electron chi connectivity index (χ4n) is 2.77. The number of benzene rings is 2. The Labute approximate surface area is 174 Å². The lowest BCUT2D eigenvalue weighted by Gasteiger charge is -2.11. The van der Waals surface area contributed by atoms with Gasteiger partial charge in [0.25, 0.3) is 5.91 Å². The molecule has 0 saturated heterocycles. The predicted molar refractivity (Wildman–Crippen MR) is 117 cm³/mol. The van der Waals surface area contributed by atoms with Crippen LogP contribution < -0.4 is 14.8 Å². The number of sulfonamides is 1. The lowest BCUT2D eigenvalue weighted by Crippen LogP contribution is -2.23. The van der Waals surface area contributed by atoms with Crippen molar-refractivity contribution in [1.82, 2.24) is 5.32 Å². The first-order valence-electron chi connectivity index (χ1n) is 9.03. The molecule has 0 radical (unpaired) electrons. The average Bonchev–Trinajstić information content (AvgIpc) is 3.11. The second-order valence-corrected chi connectivity index (χ2v) is 9.12. The van der Waals surface area contributed by atoms with Crippen molar-refractivity contribution < 1.29 is 17.9 Å². The molecular formula is C21H22N2O4S2. The zero-order chi connectivity index (χ0) is 20.9. The first-order valence-corrected chi connectivity index (χ1v) is 11.7. The summed E-state index contributed by atoms with van der Waals surface area (Å²) in [5.41, 5.74) is 2.13. The average molecular weight is 431 g/mol. The van der Waals surface area contributed by atoms with Crippen molar-refractivity contribution >= 4 is 33.0 Å². The molecule has 2 N–H and O–H groups in total. The third-order valence-electron chi connectivity index (χ3n) is 4.01. The minimum absolute atomic E-state index is 0.182. The maximum atomic E-state index is 12.8. The Morgan fingerprint density at radius 3 is 2.45 bits per heavy atom. The van der Waals surface area contributed by atoms with Gasteiger partial charge in [-0.3, -0.25) is 9.52 Å². The van der Waals surface area contributed by atoms with Crippen molar-refractivity contribution in [3.05, 3.63) is 71.1 Å². The van der Waals surface area contributed by atoms with Gasteiger partial charge in [0.2, 0.25) is 10.0 Å². The molecule has 2 aromatic carbocycles. The highest BCUT2D eigenvalue weighted by molar-refractivity contribution is 7.92. The summed E-state index contributed by atoms with van der Waals surface area (Å²) in [4.78, 5) is 14.3. The van der Waals surface area contributed by atoms with Crippen LogP contribution in [0.2, 0.25) is 0 Å². The van der Waals surface area contributed by atoms with Crippen molar-refractivity contribution in [3.8, 4) is 16.2 Å². The molecule has 0 saturated carbocycles. The molecule has 8 heteroatoms. The van der Waals surface area contributed by atoms with Crippen LogP contribution in [0.4, 0.5) is 5.69 Å². The van der Waals surface area contributed by atoms with Crippen molar-refractivity contribution in [2.75, 3.05) is 17.6 Å². The molecular weight excluding hydrogens is 408 g/mol. The Kier molecular flexibility index (Phi) is 6.56. The predicted octanol–water partition coefficient (Wildman–Crippen LogP) is 4.12. The molecule has 152 valence electrons. The Balaban J connectivity index is 1.80. The van der Waals surface area contributed by atoms with Crippen molar-refractivity contribution in [2.45, 2.75) is 13.5 Å². The van der Waals surface area contributed by atoms with E-state index in [-0.39, 0.29) is 12.5 Å². The number of ether oxygens (including phenoxy) is 1. The molecule has 1 heterocycles. The number of rotatable bonds is 8. The van der Waals surface area contributed by atoms with Gasteiger partial charge in [-0.25, -0.2) is 8.42 Å². The monoisotopic (exact) mass is 430 g/mol. The third-order valence-corrected chi connectivity index (χ3v) is 5.77. The van der Waals surface area contributed by atoms with Gasteiger partial charge in [-0.05, 0) is 30.2 Å². The molecule has 0 aliphatic carbocycles. The largest absolute Gasteiger partial charge is 0.492 e. The van der Waals surface area contributed by atoms with Crippen LogP contribution in [0.5, 0.6) is 5.75 Å². The van der Waals surface area contributed by atoms with Gasteiger partial charge < -0.3 is 10.1 Å². The molecule has 0 fully saturated rings. The number of amides is 1. The van der Waals surface area contributed by atoms with Gasteiger partial charge in [0.1, 0.15) is 10.6 Å². The summed E-state index contributed by atoms with van der Waals surface area (Å²) < 4.78 is 31.2. The molecule has 6 nitrogen and oxygen atoms in total. The van der Waals surface area contributed by atoms with E-state index in [0.717, 1.165) is 16.7 Å². The Hall–Kier alpha value is -2.84. The van der Waals surface area contributed by atoms with E-state index in [1.807, 2.05) is 43.3 Å². The number of thiophene rings is 1. The number of anilines is 1. The van der Waals surface area contributed by atoms with Crippen LogP contribution in [0, 0.1) is 0 Å². The Bertz CT molecular complexity index is 1090. The molecule has 29 heavy (non-hydrogen) atoms. The van der Waals surface area contributed by atoms with Crippen LogP contribution in [-0.2, 0) is 16.6 Å². The number of hydrogen-bond donors (Lipinski definition) is 2. The summed E-state index contributed by atoms with van der Waals surface area (Å²) in [5.74, 6) is 0.270. The van der Waals surface area contributed by atoms with E-state index in [4.69, 9.17) is 4.74 Å². The fourth-order valence-corrected chi connectivity index (χ4v) is 4.39. The van der Waals surface area contributed by atoms with Crippen LogP contribution in [0.15, 0.2) is 60.7 Å². The van der Waals surface area contributed by atoms with Crippen molar-refractivity contribution in [1.29, 1.82) is 0 Å². The summed E-state index contributed by atoms with van der Waals surface area (Å²) in [7, 11) is -3.41. The highest BCUT2D eigenvalue weighted by Gasteiger charge is 2.19. The highest BCUT2D eigenvalue weighted by Crippen LogP contribution is 2.36. The van der Waals surface area contributed by atoms with E-state index in [0.29, 0.717) is 28.5 Å². The van der Waals surface area contributed by atoms with Crippen LogP contribution in [-0.4, -0.2) is 27.2 Å². The molecule has 0 bridgehead atoms. The number of hydrogen-bond acceptors (Lipinski definition) is 5. The van der Waals surface area contributed by atoms with Crippen LogP contribution >= 0.6 is 11.3 Å². The second-order valence-electron chi connectivity index (χ2n) is 6.32. The summed E-state index contributed by atoms with van der Waals surface area (Å²) in [5, 5.41) is 2.86. The minimum Gasteiger partial charge on any atom is -0.492 e. The maximum absolute atomic E-state index is 12.8. The zero-order valence-electron chi connectivity index (χ0n) is 16.1. The smallest absolute Gasteiger partial charge is 0.265 e. The van der Waals surface area contributed by atoms with Gasteiger partial charge in [-0.1, -0.05) is 48.5 Å². The summed E-state index contributed by atoms with van der Waals surface area (Å²) in [6, 6.07) is 18.6. The first kappa shape index (κ1) is 20.9. The summed E-state index contributed by atoms with van der Waals surface area (Å²) in [6.07, 6.45) is 1.09. The molecule has 0 spiro atoms. The van der Waals surface area contributed by atoms with Crippen LogP contribution in [0.3, 0.4) is 0 Å². The van der Waals surface area contributed by atoms with Gasteiger partial charge in [-0.15, -0.1) is 11.3 Å². The van der Waals surface area contributed by atoms with E-state index in [1.165, 1.54) is 11.3 Å². The molecule has 0 atom stereocenters. The number of para-hydroxylation sites is 1. The first-order chi connectivity index (χ1) is 13.9. The van der Waals surface area contributed by atoms with E-state index in [1.54, 1.807) is 24.3 Å². The standard InChI is InChI=1S/C21H22N2O4S2/c1-3-27-18-13-19(15-9-5-4-6-10-15)28-20(18)21(24)22-14-16-11-7-8-12-17(16)23-29(2,25)26/h4-13,23H,3,14H2,1-2H3,(H,22,24). The SMILES string of the molecule is CCOc1cc(-c2ccccc2)sc1C(=O)NCc1ccccc1NS(C)(=O)=O. The van der Waals surface area contributed by atoms with Crippen molar-refractivity contribution in [3.63, 3.8) is 0 Å². The normalized spacial score (nSPS) is 11.1. The molecule has 0 unspecified atom stereocenters. The van der Waals surface area contributed by atoms with E-state index in [9.17, 15) is 13.2 Å². The van der Waals surface area contributed by atoms with Gasteiger partial charge in [0.05, 0.1) is 18.6 Å². The van der Waals surface area contributed by atoms with Crippen molar-refractivity contribution in [2.24, 2.45) is 0 Å². The number of carbonyl (C=O) groups excluding carboxylic acids is 1. The van der Waals surface area contributed by atoms with Crippen LogP contribution in [0.1, 0.15) is 22.2 Å². The molecule has 1 amide bonds. The van der Waals surface area contributed by atoms with Gasteiger partial charge in [0.15, 0.2) is 0 Å². The molecule has 1 aromatic heterocycles. The van der Waals surface area contributed by atoms with Crippen LogP contribution in [0.25, 0.3) is 10.4 Å². The molecule has 3 aromatic rings. The van der Waals surface area contributed by atoms with Gasteiger partial charge in [-0.2, -0.15) is 0 Å². The summed E-state index contributed by atoms with van der Waals surface area (Å²) >= 11 is 1.36. The topological polar surface area (TPSA) is 84.5 Å². The number of nitrogens with one attached hydrogen (secondary N) is 2. The van der Waals surface area contributed by atoms with E-state index >= 15 is 0 Å². The highest BCUT2D eigenvalue weighted by atomic mass is 32.2. The fraction of sp³-hybridized carbons (Fsp3) is 0.190. The van der Waals surface area contributed by atoms with E-state index in [2.05, 4.69) is 10.0 Å². The Morgan fingerprint density at radius 1 is 1.07 bits per heavy atom. The van der Waals surface area contributed by atoms with Gasteiger partial charge in [0, 0.05) is 11.4 Å². The summed E-state index contributed by atoms with van der Waals surface area (Å²) in [6.45, 7) is 2.50. The maximum Gasteiger partial charge on any atom is 0.265 e. The second kappa shape index (κ2) is 9.11. The molecule has 0 aliphatic heterocycles. The Morgan fingerprint density at radius 2 is 1.76 bits per heavy atom. The lowest BCUT2D eigenvalue weighted by molar-refractivity contribution is 0.0951. The zero-order valence-corrected chi connectivity index (χ0v) is 17.8. The quantitative estimate of drug-likeness (QED) is 0.563. The van der Waals surface area contributed by atoms with E-state index < -0.39 is 10.0 Å². The number of carbonyl (C=O) groups is 1. The minimum atomic E-state index is -3.41. The molecule has 3 rings (SSSR count). The van der Waals surface area contributed by atoms with Gasteiger partial charge >= 0.3 is 0 Å². The lowest BCUT2D eigenvalue weighted by atomic mass is 10.2. The third kappa shape index (κ3) is 5.58.